The maximum Gasteiger partial charge on any atom is 0.239 e. The fourth-order valence-corrected chi connectivity index (χ4v) is 2.65. The van der Waals surface area contributed by atoms with Gasteiger partial charge in [0.1, 0.15) is 5.75 Å². The predicted octanol–water partition coefficient (Wildman–Crippen LogP) is 0.726. The minimum Gasteiger partial charge on any atom is -0.392 e. The van der Waals surface area contributed by atoms with Crippen LogP contribution in [0.5, 0.6) is 0 Å². The Kier molecular flexibility index (Phi) is 3.82. The molecule has 16 heavy (non-hydrogen) atoms. The van der Waals surface area contributed by atoms with E-state index in [-0.39, 0.29) is 10.7 Å². The molecule has 0 aliphatic heterocycles. The van der Waals surface area contributed by atoms with Gasteiger partial charge in [0.05, 0.1) is 16.4 Å². The van der Waals surface area contributed by atoms with Crippen LogP contribution in [0, 0.1) is 13.8 Å². The number of thiocarbonyl (C=S) groups is 1. The van der Waals surface area contributed by atoms with Crippen LogP contribution in [0.2, 0.25) is 0 Å². The third-order valence-corrected chi connectivity index (χ3v) is 3.37. The maximum absolute atomic E-state index is 11.5. The second-order valence-electron chi connectivity index (χ2n) is 3.41. The van der Waals surface area contributed by atoms with Gasteiger partial charge in [-0.1, -0.05) is 12.2 Å². The SMILES string of the molecule is Cc1ccc(NS(=O)(=O)CC(N)=S)c(C)n1. The van der Waals surface area contributed by atoms with E-state index in [9.17, 15) is 8.42 Å². The largest absolute Gasteiger partial charge is 0.392 e. The van der Waals surface area contributed by atoms with Crippen molar-refractivity contribution in [1.82, 2.24) is 4.98 Å². The second-order valence-corrected chi connectivity index (χ2v) is 5.66. The van der Waals surface area contributed by atoms with E-state index >= 15 is 0 Å². The molecule has 1 heterocycles. The number of pyridine rings is 1. The molecular formula is C9H13N3O2S2. The van der Waals surface area contributed by atoms with Crippen molar-refractivity contribution in [2.75, 3.05) is 10.5 Å². The molecule has 0 spiro atoms. The summed E-state index contributed by atoms with van der Waals surface area (Å²) in [6, 6.07) is 3.39. The first-order valence-corrected chi connectivity index (χ1v) is 6.59. The van der Waals surface area contributed by atoms with Crippen molar-refractivity contribution in [3.8, 4) is 0 Å². The van der Waals surface area contributed by atoms with E-state index in [2.05, 4.69) is 21.9 Å². The molecule has 0 amide bonds. The van der Waals surface area contributed by atoms with Crippen molar-refractivity contribution in [1.29, 1.82) is 0 Å². The highest BCUT2D eigenvalue weighted by molar-refractivity contribution is 7.95. The quantitative estimate of drug-likeness (QED) is 0.778. The highest BCUT2D eigenvalue weighted by Crippen LogP contribution is 2.14. The second kappa shape index (κ2) is 4.75. The third-order valence-electron chi connectivity index (χ3n) is 1.82. The van der Waals surface area contributed by atoms with Crippen molar-refractivity contribution >= 4 is 32.9 Å². The summed E-state index contributed by atoms with van der Waals surface area (Å²) in [6.07, 6.45) is 0. The molecule has 0 bridgehead atoms. The Morgan fingerprint density at radius 1 is 1.50 bits per heavy atom. The fourth-order valence-electron chi connectivity index (χ4n) is 1.19. The van der Waals surface area contributed by atoms with E-state index in [1.54, 1.807) is 19.1 Å². The Morgan fingerprint density at radius 2 is 2.12 bits per heavy atom. The monoisotopic (exact) mass is 259 g/mol. The molecule has 0 aromatic carbocycles. The van der Waals surface area contributed by atoms with Gasteiger partial charge in [-0.15, -0.1) is 0 Å². The van der Waals surface area contributed by atoms with Gasteiger partial charge in [-0.2, -0.15) is 0 Å². The summed E-state index contributed by atoms with van der Waals surface area (Å²) in [6.45, 7) is 3.56. The number of sulfonamides is 1. The summed E-state index contributed by atoms with van der Waals surface area (Å²) in [4.78, 5) is 4.08. The van der Waals surface area contributed by atoms with E-state index < -0.39 is 10.0 Å². The van der Waals surface area contributed by atoms with E-state index in [1.807, 2.05) is 6.92 Å². The number of anilines is 1. The van der Waals surface area contributed by atoms with Crippen molar-refractivity contribution < 1.29 is 8.42 Å². The van der Waals surface area contributed by atoms with Crippen molar-refractivity contribution in [3.05, 3.63) is 23.5 Å². The minimum atomic E-state index is -3.53. The number of hydrogen-bond donors (Lipinski definition) is 2. The number of rotatable bonds is 4. The normalized spacial score (nSPS) is 11.1. The standard InChI is InChI=1S/C9H13N3O2S2/c1-6-3-4-8(7(2)11-6)12-16(13,14)5-9(10)15/h3-4,12H,5H2,1-2H3,(H2,10,15). The van der Waals surface area contributed by atoms with E-state index in [4.69, 9.17) is 5.73 Å². The predicted molar refractivity (Wildman–Crippen MR) is 67.9 cm³/mol. The Balaban J connectivity index is 2.92. The number of nitrogens with one attached hydrogen (secondary N) is 1. The molecule has 1 aromatic rings. The number of aryl methyl sites for hydroxylation is 2. The van der Waals surface area contributed by atoms with Gasteiger partial charge in [-0.3, -0.25) is 9.71 Å². The third kappa shape index (κ3) is 3.74. The lowest BCUT2D eigenvalue weighted by molar-refractivity contribution is 0.605. The summed E-state index contributed by atoms with van der Waals surface area (Å²) in [5.74, 6) is -0.365. The van der Waals surface area contributed by atoms with Gasteiger partial charge in [0.25, 0.3) is 0 Å². The lowest BCUT2D eigenvalue weighted by Gasteiger charge is -2.09. The molecule has 0 aliphatic carbocycles. The van der Waals surface area contributed by atoms with Crippen molar-refractivity contribution in [2.45, 2.75) is 13.8 Å². The zero-order chi connectivity index (χ0) is 12.3. The molecule has 0 saturated heterocycles. The molecule has 0 radical (unpaired) electrons. The highest BCUT2D eigenvalue weighted by Gasteiger charge is 2.13. The van der Waals surface area contributed by atoms with Crippen molar-refractivity contribution in [2.24, 2.45) is 5.73 Å². The fraction of sp³-hybridized carbons (Fsp3) is 0.333. The molecule has 0 saturated carbocycles. The van der Waals surface area contributed by atoms with Crippen LogP contribution in [0.3, 0.4) is 0 Å². The van der Waals surface area contributed by atoms with Gasteiger partial charge >= 0.3 is 0 Å². The van der Waals surface area contributed by atoms with Crippen LogP contribution in [0.25, 0.3) is 0 Å². The maximum atomic E-state index is 11.5. The van der Waals surface area contributed by atoms with Gasteiger partial charge < -0.3 is 5.73 Å². The van der Waals surface area contributed by atoms with E-state index in [0.717, 1.165) is 5.69 Å². The van der Waals surface area contributed by atoms with Crippen LogP contribution in [0.1, 0.15) is 11.4 Å². The number of nitrogens with two attached hydrogens (primary N) is 1. The molecule has 7 heteroatoms. The van der Waals surface area contributed by atoms with Crippen molar-refractivity contribution in [3.63, 3.8) is 0 Å². The molecule has 0 unspecified atom stereocenters. The van der Waals surface area contributed by atoms with Crippen LogP contribution in [0.15, 0.2) is 12.1 Å². The Morgan fingerprint density at radius 3 is 2.62 bits per heavy atom. The first-order chi connectivity index (χ1) is 7.30. The lowest BCUT2D eigenvalue weighted by Crippen LogP contribution is -2.26. The minimum absolute atomic E-state index is 0.0646. The number of nitrogens with zero attached hydrogens (tertiary/aromatic N) is 1. The molecule has 88 valence electrons. The average Bonchev–Trinajstić information content (AvgIpc) is 2.07. The molecule has 1 rings (SSSR count). The molecular weight excluding hydrogens is 246 g/mol. The molecule has 0 aliphatic rings. The number of aromatic nitrogens is 1. The summed E-state index contributed by atoms with van der Waals surface area (Å²) < 4.78 is 25.5. The Bertz CT molecular complexity index is 511. The van der Waals surface area contributed by atoms with E-state index in [0.29, 0.717) is 11.4 Å². The molecule has 5 nitrogen and oxygen atoms in total. The van der Waals surface area contributed by atoms with Gasteiger partial charge in [0, 0.05) is 5.69 Å². The average molecular weight is 259 g/mol. The van der Waals surface area contributed by atoms with Crippen LogP contribution in [-0.2, 0) is 10.0 Å². The summed E-state index contributed by atoms with van der Waals surface area (Å²) >= 11 is 4.56. The van der Waals surface area contributed by atoms with Gasteiger partial charge in [0.15, 0.2) is 0 Å². The smallest absolute Gasteiger partial charge is 0.239 e. The Hall–Kier alpha value is -1.21. The van der Waals surface area contributed by atoms with Crippen LogP contribution in [0.4, 0.5) is 5.69 Å². The molecule has 0 fully saturated rings. The van der Waals surface area contributed by atoms with Crippen LogP contribution in [-0.4, -0.2) is 24.1 Å². The van der Waals surface area contributed by atoms with Crippen LogP contribution < -0.4 is 10.5 Å². The van der Waals surface area contributed by atoms with Gasteiger partial charge in [-0.05, 0) is 26.0 Å². The van der Waals surface area contributed by atoms with Crippen LogP contribution >= 0.6 is 12.2 Å². The molecule has 0 atom stereocenters. The van der Waals surface area contributed by atoms with Gasteiger partial charge in [0.2, 0.25) is 10.0 Å². The first-order valence-electron chi connectivity index (χ1n) is 4.53. The molecule has 1 aromatic heterocycles. The summed E-state index contributed by atoms with van der Waals surface area (Å²) in [5, 5.41) is 0. The first kappa shape index (κ1) is 12.9. The molecule has 3 N–H and O–H groups in total. The summed E-state index contributed by atoms with van der Waals surface area (Å²) in [5.41, 5.74) is 7.08. The van der Waals surface area contributed by atoms with Gasteiger partial charge in [-0.25, -0.2) is 8.42 Å². The van der Waals surface area contributed by atoms with E-state index in [1.165, 1.54) is 0 Å². The number of hydrogen-bond acceptors (Lipinski definition) is 4. The zero-order valence-electron chi connectivity index (χ0n) is 9.02. The zero-order valence-corrected chi connectivity index (χ0v) is 10.7. The topological polar surface area (TPSA) is 85.1 Å². The highest BCUT2D eigenvalue weighted by atomic mass is 32.2. The lowest BCUT2D eigenvalue weighted by atomic mass is 10.3. The summed E-state index contributed by atoms with van der Waals surface area (Å²) in [7, 11) is -3.53. The Labute approximate surface area is 100 Å².